The van der Waals surface area contributed by atoms with Crippen molar-refractivity contribution in [3.8, 4) is 0 Å². The van der Waals surface area contributed by atoms with Gasteiger partial charge in [-0.05, 0) is 0 Å². The van der Waals surface area contributed by atoms with Gasteiger partial charge in [0, 0.05) is 7.05 Å². The Morgan fingerprint density at radius 3 is 2.42 bits per heavy atom. The van der Waals surface area contributed by atoms with Crippen molar-refractivity contribution in [1.82, 2.24) is 9.03 Å². The van der Waals surface area contributed by atoms with E-state index >= 15 is 0 Å². The van der Waals surface area contributed by atoms with Gasteiger partial charge in [0.05, 0.1) is 0 Å². The van der Waals surface area contributed by atoms with Crippen LogP contribution in [0, 0.1) is 0 Å². The van der Waals surface area contributed by atoms with Crippen LogP contribution in [-0.4, -0.2) is 38.4 Å². The molecule has 0 saturated carbocycles. The molecule has 8 heteroatoms. The first-order valence-electron chi connectivity index (χ1n) is 2.92. The van der Waals surface area contributed by atoms with Crippen LogP contribution < -0.4 is 4.72 Å². The lowest BCUT2D eigenvalue weighted by atomic mass is 10.7. The zero-order valence-electron chi connectivity index (χ0n) is 6.10. The Bertz CT molecular complexity index is 304. The molecule has 1 rings (SSSR count). The molecule has 0 bridgehead atoms. The van der Waals surface area contributed by atoms with E-state index in [1.54, 1.807) is 0 Å². The Morgan fingerprint density at radius 1 is 1.50 bits per heavy atom. The molecule has 0 atom stereocenters. The maximum absolute atomic E-state index is 10.9. The summed E-state index contributed by atoms with van der Waals surface area (Å²) in [7, 11) is -2.95. The van der Waals surface area contributed by atoms with Gasteiger partial charge in [0.15, 0.2) is 6.61 Å². The van der Waals surface area contributed by atoms with Crippen LogP contribution in [0.1, 0.15) is 0 Å². The van der Waals surface area contributed by atoms with E-state index in [2.05, 4.69) is 4.74 Å². The molecule has 0 spiro atoms. The largest absolute Gasteiger partial charge is 0.438 e. The maximum Gasteiger partial charge on any atom is 0.432 e. The number of hydrogen-bond acceptors (Lipinski definition) is 5. The number of nitrogens with zero attached hydrogens (tertiary/aromatic N) is 1. The van der Waals surface area contributed by atoms with Crippen molar-refractivity contribution >= 4 is 22.2 Å². The Morgan fingerprint density at radius 2 is 2.08 bits per heavy atom. The molecule has 1 fully saturated rings. The van der Waals surface area contributed by atoms with Crippen molar-refractivity contribution < 1.29 is 22.7 Å². The predicted octanol–water partition coefficient (Wildman–Crippen LogP) is -1.57. The van der Waals surface area contributed by atoms with E-state index in [4.69, 9.17) is 0 Å². The van der Waals surface area contributed by atoms with Crippen molar-refractivity contribution in [3.63, 3.8) is 0 Å². The van der Waals surface area contributed by atoms with E-state index in [9.17, 15) is 18.0 Å². The van der Waals surface area contributed by atoms with Gasteiger partial charge in [0.25, 0.3) is 5.91 Å². The molecular weight excluding hydrogens is 188 g/mol. The lowest BCUT2D eigenvalue weighted by Crippen LogP contribution is -2.42. The normalized spacial score (nSPS) is 18.2. The van der Waals surface area contributed by atoms with E-state index in [0.717, 1.165) is 7.05 Å². The third-order valence-electron chi connectivity index (χ3n) is 1.21. The minimum atomic E-state index is -4.04. The van der Waals surface area contributed by atoms with Gasteiger partial charge in [-0.15, -0.1) is 4.31 Å². The minimum absolute atomic E-state index is 0.0486. The van der Waals surface area contributed by atoms with E-state index in [0.29, 0.717) is 0 Å². The Kier molecular flexibility index (Phi) is 2.02. The SMILES string of the molecule is CNS(=O)(=O)N1C(=O)COC1=O. The first-order valence-corrected chi connectivity index (χ1v) is 4.36. The van der Waals surface area contributed by atoms with Gasteiger partial charge >= 0.3 is 16.3 Å². The van der Waals surface area contributed by atoms with Crippen molar-refractivity contribution in [2.45, 2.75) is 0 Å². The summed E-state index contributed by atoms with van der Waals surface area (Å²) in [6.45, 7) is -0.528. The molecular formula is C4H6N2O5S. The molecule has 1 heterocycles. The summed E-state index contributed by atoms with van der Waals surface area (Å²) in [5.74, 6) is -0.894. The maximum atomic E-state index is 10.9. The van der Waals surface area contributed by atoms with Gasteiger partial charge in [-0.25, -0.2) is 9.52 Å². The molecule has 1 N–H and O–H groups in total. The fourth-order valence-corrected chi connectivity index (χ4v) is 1.42. The summed E-state index contributed by atoms with van der Waals surface area (Å²) in [5, 5.41) is 0. The highest BCUT2D eigenvalue weighted by molar-refractivity contribution is 7.88. The fourth-order valence-electron chi connectivity index (χ4n) is 0.666. The van der Waals surface area contributed by atoms with Crippen LogP contribution in [0.25, 0.3) is 0 Å². The van der Waals surface area contributed by atoms with Gasteiger partial charge in [-0.2, -0.15) is 8.42 Å². The summed E-state index contributed by atoms with van der Waals surface area (Å²) in [5.41, 5.74) is 0. The molecule has 7 nitrogen and oxygen atoms in total. The Labute approximate surface area is 68.5 Å². The lowest BCUT2D eigenvalue weighted by molar-refractivity contribution is -0.122. The number of carbonyl (C=O) groups excluding carboxylic acids is 2. The van der Waals surface area contributed by atoms with E-state index < -0.39 is 28.8 Å². The Balaban J connectivity index is 3.02. The molecule has 0 aromatic heterocycles. The van der Waals surface area contributed by atoms with Crippen molar-refractivity contribution in [3.05, 3.63) is 0 Å². The molecule has 0 unspecified atom stereocenters. The summed E-state index contributed by atoms with van der Waals surface area (Å²) in [6, 6.07) is 0. The van der Waals surface area contributed by atoms with E-state index in [1.165, 1.54) is 0 Å². The summed E-state index contributed by atoms with van der Waals surface area (Å²) >= 11 is 0. The second-order valence-electron chi connectivity index (χ2n) is 1.92. The molecule has 1 aliphatic rings. The number of imide groups is 1. The quantitative estimate of drug-likeness (QED) is 0.573. The zero-order valence-corrected chi connectivity index (χ0v) is 6.92. The van der Waals surface area contributed by atoms with Crippen LogP contribution in [0.3, 0.4) is 0 Å². The number of ether oxygens (including phenoxy) is 1. The van der Waals surface area contributed by atoms with Gasteiger partial charge in [0.2, 0.25) is 0 Å². The molecule has 0 radical (unpaired) electrons. The summed E-state index contributed by atoms with van der Waals surface area (Å²) in [4.78, 5) is 21.4. The molecule has 1 saturated heterocycles. The average molecular weight is 194 g/mol. The number of nitrogens with one attached hydrogen (secondary N) is 1. The third-order valence-corrected chi connectivity index (χ3v) is 2.56. The first-order chi connectivity index (χ1) is 5.49. The number of amides is 2. The van der Waals surface area contributed by atoms with Crippen molar-refractivity contribution in [2.24, 2.45) is 0 Å². The minimum Gasteiger partial charge on any atom is -0.438 e. The molecule has 0 aromatic carbocycles. The van der Waals surface area contributed by atoms with Crippen LogP contribution >= 0.6 is 0 Å². The molecule has 0 aromatic rings. The smallest absolute Gasteiger partial charge is 0.432 e. The number of cyclic esters (lactones) is 1. The Hall–Kier alpha value is -1.15. The fraction of sp³-hybridized carbons (Fsp3) is 0.500. The van der Waals surface area contributed by atoms with Crippen LogP contribution in [0.5, 0.6) is 0 Å². The summed E-state index contributed by atoms with van der Waals surface area (Å²) < 4.78 is 27.9. The van der Waals surface area contributed by atoms with Gasteiger partial charge < -0.3 is 4.74 Å². The first kappa shape index (κ1) is 8.94. The highest BCUT2D eigenvalue weighted by Crippen LogP contribution is 2.08. The van der Waals surface area contributed by atoms with E-state index in [1.807, 2.05) is 4.72 Å². The second kappa shape index (κ2) is 2.72. The van der Waals surface area contributed by atoms with Crippen LogP contribution in [0.4, 0.5) is 4.79 Å². The molecule has 1 aliphatic heterocycles. The van der Waals surface area contributed by atoms with Gasteiger partial charge in [0.1, 0.15) is 0 Å². The van der Waals surface area contributed by atoms with Gasteiger partial charge in [-0.1, -0.05) is 0 Å². The monoisotopic (exact) mass is 194 g/mol. The highest BCUT2D eigenvalue weighted by Gasteiger charge is 2.40. The van der Waals surface area contributed by atoms with E-state index in [-0.39, 0.29) is 4.31 Å². The zero-order chi connectivity index (χ0) is 9.35. The van der Waals surface area contributed by atoms with Crippen molar-refractivity contribution in [2.75, 3.05) is 13.7 Å². The number of rotatable bonds is 2. The highest BCUT2D eigenvalue weighted by atomic mass is 32.2. The summed E-state index contributed by atoms with van der Waals surface area (Å²) in [6.07, 6.45) is -1.17. The molecule has 68 valence electrons. The van der Waals surface area contributed by atoms with Crippen molar-refractivity contribution in [1.29, 1.82) is 0 Å². The predicted molar refractivity (Wildman–Crippen MR) is 36.2 cm³/mol. The van der Waals surface area contributed by atoms with Crippen LogP contribution in [-0.2, 0) is 19.7 Å². The lowest BCUT2D eigenvalue weighted by Gasteiger charge is -2.08. The molecule has 2 amide bonds. The number of carbonyl (C=O) groups is 2. The topological polar surface area (TPSA) is 92.8 Å². The van der Waals surface area contributed by atoms with Crippen LogP contribution in [0.2, 0.25) is 0 Å². The van der Waals surface area contributed by atoms with Gasteiger partial charge in [-0.3, -0.25) is 4.79 Å². The third kappa shape index (κ3) is 1.25. The standard InChI is InChI=1S/C4H6N2O5S/c1-5-12(9,10)6-3(7)2-11-4(6)8/h5H,2H2,1H3. The average Bonchev–Trinajstić information content (AvgIpc) is 2.31. The second-order valence-corrected chi connectivity index (χ2v) is 3.65. The number of hydrogen-bond donors (Lipinski definition) is 1. The molecule has 12 heavy (non-hydrogen) atoms. The van der Waals surface area contributed by atoms with Crippen LogP contribution in [0.15, 0.2) is 0 Å². The molecule has 0 aliphatic carbocycles.